The molecule has 8 heteroatoms. The van der Waals surface area contributed by atoms with Crippen LogP contribution >= 0.6 is 11.6 Å². The summed E-state index contributed by atoms with van der Waals surface area (Å²) in [7, 11) is 3.52. The zero-order chi connectivity index (χ0) is 20.6. The highest BCUT2D eigenvalue weighted by Gasteiger charge is 2.14. The van der Waals surface area contributed by atoms with Gasteiger partial charge in [-0.25, -0.2) is 0 Å². The lowest BCUT2D eigenvalue weighted by atomic mass is 10.2. The van der Waals surface area contributed by atoms with E-state index in [0.717, 1.165) is 23.4 Å². The summed E-state index contributed by atoms with van der Waals surface area (Å²) in [6.45, 7) is 1.12. The lowest BCUT2D eigenvalue weighted by Crippen LogP contribution is -3.10. The second kappa shape index (κ2) is 10.0. The zero-order valence-corrected chi connectivity index (χ0v) is 17.2. The molecule has 1 aromatic heterocycles. The lowest BCUT2D eigenvalue weighted by Gasteiger charge is -2.14. The van der Waals surface area contributed by atoms with Gasteiger partial charge in [0.1, 0.15) is 5.75 Å². The second-order valence-electron chi connectivity index (χ2n) is 6.76. The molecule has 1 atom stereocenters. The van der Waals surface area contributed by atoms with E-state index in [1.165, 1.54) is 0 Å². The van der Waals surface area contributed by atoms with E-state index >= 15 is 0 Å². The zero-order valence-electron chi connectivity index (χ0n) is 16.4. The van der Waals surface area contributed by atoms with Crippen LogP contribution in [0.3, 0.4) is 0 Å². The number of hydrogen-bond donors (Lipinski definition) is 2. The van der Waals surface area contributed by atoms with Gasteiger partial charge >= 0.3 is 0 Å². The maximum Gasteiger partial charge on any atom is 0.279 e. The topological polar surface area (TPSA) is 81.7 Å². The molecular weight excluding hydrogens is 392 g/mol. The summed E-state index contributed by atoms with van der Waals surface area (Å²) in [5.41, 5.74) is 1.50. The highest BCUT2D eigenvalue weighted by Crippen LogP contribution is 2.27. The summed E-state index contributed by atoms with van der Waals surface area (Å²) in [6.07, 6.45) is 1.50. The Balaban J connectivity index is 1.44. The van der Waals surface area contributed by atoms with Crippen molar-refractivity contribution in [1.82, 2.24) is 10.1 Å². The Morgan fingerprint density at radius 2 is 2.03 bits per heavy atom. The molecule has 1 unspecified atom stereocenters. The smallest absolute Gasteiger partial charge is 0.279 e. The van der Waals surface area contributed by atoms with E-state index in [1.54, 1.807) is 25.3 Å². The summed E-state index contributed by atoms with van der Waals surface area (Å²) in [4.78, 5) is 17.8. The molecule has 29 heavy (non-hydrogen) atoms. The average Bonchev–Trinajstić information content (AvgIpc) is 3.17. The Labute approximate surface area is 174 Å². The minimum Gasteiger partial charge on any atom is -0.495 e. The number of nitrogens with zero attached hydrogens (tertiary/aromatic N) is 2. The number of benzene rings is 2. The first kappa shape index (κ1) is 20.8. The third-order valence-corrected chi connectivity index (χ3v) is 4.63. The van der Waals surface area contributed by atoms with Gasteiger partial charge in [-0.3, -0.25) is 4.79 Å². The molecule has 0 bridgehead atoms. The van der Waals surface area contributed by atoms with Crippen molar-refractivity contribution in [3.63, 3.8) is 0 Å². The minimum absolute atomic E-state index is 0.104. The molecule has 3 aromatic rings. The molecule has 0 spiro atoms. The number of nitrogens with one attached hydrogen (secondary N) is 2. The molecule has 7 nitrogen and oxygen atoms in total. The molecule has 0 radical (unpaired) electrons. The monoisotopic (exact) mass is 415 g/mol. The third kappa shape index (κ3) is 6.04. The molecule has 152 valence electrons. The van der Waals surface area contributed by atoms with Crippen molar-refractivity contribution >= 4 is 23.2 Å². The van der Waals surface area contributed by atoms with Gasteiger partial charge in [0, 0.05) is 23.4 Å². The number of methoxy groups -OCH3 is 1. The van der Waals surface area contributed by atoms with E-state index in [2.05, 4.69) is 15.5 Å². The number of aromatic nitrogens is 2. The van der Waals surface area contributed by atoms with Gasteiger partial charge in [-0.2, -0.15) is 4.98 Å². The van der Waals surface area contributed by atoms with E-state index < -0.39 is 0 Å². The van der Waals surface area contributed by atoms with Crippen LogP contribution in [0.1, 0.15) is 12.3 Å². The van der Waals surface area contributed by atoms with E-state index in [1.807, 2.05) is 37.4 Å². The molecular formula is C21H24ClN4O3+. The van der Waals surface area contributed by atoms with Crippen LogP contribution in [0.4, 0.5) is 5.69 Å². The quantitative estimate of drug-likeness (QED) is 0.561. The summed E-state index contributed by atoms with van der Waals surface area (Å²) < 4.78 is 10.6. The number of carbonyl (C=O) groups excluding carboxylic acids is 1. The fraction of sp³-hybridized carbons (Fsp3) is 0.286. The molecule has 0 fully saturated rings. The van der Waals surface area contributed by atoms with Crippen LogP contribution in [0.2, 0.25) is 5.02 Å². The molecule has 0 saturated heterocycles. The van der Waals surface area contributed by atoms with Gasteiger partial charge in [-0.15, -0.1) is 0 Å². The van der Waals surface area contributed by atoms with E-state index in [9.17, 15) is 4.79 Å². The van der Waals surface area contributed by atoms with Crippen molar-refractivity contribution in [2.24, 2.45) is 0 Å². The number of ether oxygens (including phenoxy) is 1. The number of quaternary nitrogens is 1. The third-order valence-electron chi connectivity index (χ3n) is 4.39. The Kier molecular flexibility index (Phi) is 7.21. The van der Waals surface area contributed by atoms with Crippen molar-refractivity contribution in [2.75, 3.05) is 32.6 Å². The molecule has 0 aliphatic heterocycles. The first-order valence-corrected chi connectivity index (χ1v) is 9.75. The number of likely N-dealkylation sites (N-methyl/N-ethyl adjacent to an activating group) is 1. The van der Waals surface area contributed by atoms with Crippen LogP contribution in [0, 0.1) is 0 Å². The normalized spacial score (nSPS) is 11.8. The number of hydrogen-bond acceptors (Lipinski definition) is 5. The van der Waals surface area contributed by atoms with Crippen molar-refractivity contribution in [3.05, 3.63) is 59.4 Å². The molecule has 0 aliphatic rings. The Hall–Kier alpha value is -2.90. The van der Waals surface area contributed by atoms with E-state index in [4.69, 9.17) is 20.9 Å². The predicted molar refractivity (Wildman–Crippen MR) is 111 cm³/mol. The van der Waals surface area contributed by atoms with Gasteiger partial charge in [-0.05, 0) is 18.2 Å². The van der Waals surface area contributed by atoms with Gasteiger partial charge < -0.3 is 19.5 Å². The number of anilines is 1. The van der Waals surface area contributed by atoms with Crippen LogP contribution in [-0.2, 0) is 11.2 Å². The highest BCUT2D eigenvalue weighted by atomic mass is 35.5. The first-order valence-electron chi connectivity index (χ1n) is 9.38. The van der Waals surface area contributed by atoms with E-state index in [-0.39, 0.29) is 5.91 Å². The molecule has 2 aromatic carbocycles. The maximum atomic E-state index is 12.3. The molecule has 2 N–H and O–H groups in total. The number of aryl methyl sites for hydroxylation is 1. The molecule has 1 amide bonds. The van der Waals surface area contributed by atoms with Gasteiger partial charge in [0.25, 0.3) is 5.91 Å². The van der Waals surface area contributed by atoms with Crippen LogP contribution in [-0.4, -0.2) is 43.3 Å². The molecule has 0 saturated carbocycles. The largest absolute Gasteiger partial charge is 0.495 e. The summed E-state index contributed by atoms with van der Waals surface area (Å²) in [6, 6.07) is 14.8. The Bertz CT molecular complexity index is 946. The highest BCUT2D eigenvalue weighted by molar-refractivity contribution is 6.31. The van der Waals surface area contributed by atoms with Gasteiger partial charge in [-0.1, -0.05) is 47.1 Å². The van der Waals surface area contributed by atoms with Crippen molar-refractivity contribution in [3.8, 4) is 17.1 Å². The van der Waals surface area contributed by atoms with Crippen LogP contribution in [0.25, 0.3) is 11.4 Å². The molecule has 1 heterocycles. The fourth-order valence-corrected chi connectivity index (χ4v) is 3.11. The van der Waals surface area contributed by atoms with Crippen LogP contribution in [0.5, 0.6) is 5.75 Å². The second-order valence-corrected chi connectivity index (χ2v) is 7.19. The lowest BCUT2D eigenvalue weighted by molar-refractivity contribution is -0.871. The predicted octanol–water partition coefficient (Wildman–Crippen LogP) is 2.48. The van der Waals surface area contributed by atoms with Crippen LogP contribution < -0.4 is 15.0 Å². The SMILES string of the molecule is COc1ccc(Cl)cc1NC(=O)C[NH+](C)CCCc1nc(-c2ccccc2)no1. The number of carbonyl (C=O) groups is 1. The van der Waals surface area contributed by atoms with Crippen molar-refractivity contribution in [2.45, 2.75) is 12.8 Å². The fourth-order valence-electron chi connectivity index (χ4n) is 2.94. The first-order chi connectivity index (χ1) is 14.0. The summed E-state index contributed by atoms with van der Waals surface area (Å²) >= 11 is 6.00. The van der Waals surface area contributed by atoms with E-state index in [0.29, 0.717) is 41.1 Å². The minimum atomic E-state index is -0.104. The summed E-state index contributed by atoms with van der Waals surface area (Å²) in [5, 5.41) is 7.41. The molecule has 3 rings (SSSR count). The molecule has 0 aliphatic carbocycles. The van der Waals surface area contributed by atoms with Crippen LogP contribution in [0.15, 0.2) is 53.1 Å². The van der Waals surface area contributed by atoms with Gasteiger partial charge in [0.2, 0.25) is 11.7 Å². The number of rotatable bonds is 9. The van der Waals surface area contributed by atoms with Gasteiger partial charge in [0.15, 0.2) is 6.54 Å². The standard InChI is InChI=1S/C21H23ClN4O3/c1-26(14-19(27)23-17-13-16(22)10-11-18(17)28-2)12-6-9-20-24-21(25-29-20)15-7-4-3-5-8-15/h3-5,7-8,10-11,13H,6,9,12,14H2,1-2H3,(H,23,27)/p+1. The number of amides is 1. The maximum absolute atomic E-state index is 12.3. The van der Waals surface area contributed by atoms with Crippen molar-refractivity contribution < 1.29 is 19.0 Å². The van der Waals surface area contributed by atoms with Gasteiger partial charge in [0.05, 0.1) is 26.4 Å². The average molecular weight is 416 g/mol. The summed E-state index contributed by atoms with van der Waals surface area (Å²) in [5.74, 6) is 1.67. The Morgan fingerprint density at radius 1 is 1.24 bits per heavy atom. The Morgan fingerprint density at radius 3 is 2.79 bits per heavy atom. The van der Waals surface area contributed by atoms with Crippen molar-refractivity contribution in [1.29, 1.82) is 0 Å². The number of halogens is 1.